The molecular weight excluding hydrogens is 444 g/mol. The number of benzene rings is 2. The highest BCUT2D eigenvalue weighted by Gasteiger charge is 2.27. The van der Waals surface area contributed by atoms with Crippen molar-refractivity contribution in [3.63, 3.8) is 0 Å². The predicted octanol–water partition coefficient (Wildman–Crippen LogP) is 6.05. The second kappa shape index (κ2) is 9.18. The van der Waals surface area contributed by atoms with Crippen LogP contribution < -0.4 is 4.90 Å². The number of aryl methyl sites for hydroxylation is 2. The number of rotatable bonds is 5. The van der Waals surface area contributed by atoms with Gasteiger partial charge in [-0.2, -0.15) is 0 Å². The van der Waals surface area contributed by atoms with Gasteiger partial charge in [-0.05, 0) is 61.3 Å². The molecule has 3 aromatic rings. The number of hydrogen-bond acceptors (Lipinski definition) is 4. The van der Waals surface area contributed by atoms with E-state index in [9.17, 15) is 13.6 Å². The topological polar surface area (TPSA) is 46.1 Å². The number of anilines is 1. The van der Waals surface area contributed by atoms with Crippen molar-refractivity contribution in [1.82, 2.24) is 9.97 Å². The minimum Gasteiger partial charge on any atom is -0.351 e. The quantitative estimate of drug-likeness (QED) is 0.338. The SMILES string of the molecule is O=C(CC1CCc2ccccc21)c1cnc2c(n1)N(Cc1cc(F)cc(Cl)c1F)CCCC2. The van der Waals surface area contributed by atoms with Crippen molar-refractivity contribution >= 4 is 23.2 Å². The van der Waals surface area contributed by atoms with E-state index in [0.29, 0.717) is 24.5 Å². The van der Waals surface area contributed by atoms with E-state index in [2.05, 4.69) is 22.1 Å². The number of carbonyl (C=O) groups is 1. The first-order chi connectivity index (χ1) is 16.0. The van der Waals surface area contributed by atoms with E-state index in [1.807, 2.05) is 17.0 Å². The molecule has 0 bridgehead atoms. The van der Waals surface area contributed by atoms with Crippen molar-refractivity contribution in [3.8, 4) is 0 Å². The van der Waals surface area contributed by atoms with Gasteiger partial charge in [-0.15, -0.1) is 0 Å². The van der Waals surface area contributed by atoms with Crippen LogP contribution in [0.5, 0.6) is 0 Å². The van der Waals surface area contributed by atoms with E-state index in [4.69, 9.17) is 11.6 Å². The van der Waals surface area contributed by atoms with E-state index in [1.165, 1.54) is 11.1 Å². The molecule has 1 aliphatic carbocycles. The van der Waals surface area contributed by atoms with Crippen molar-refractivity contribution in [2.24, 2.45) is 0 Å². The van der Waals surface area contributed by atoms with Crippen LogP contribution in [0.4, 0.5) is 14.6 Å². The molecular formula is C26H24ClF2N3O. The molecule has 1 aromatic heterocycles. The summed E-state index contributed by atoms with van der Waals surface area (Å²) in [5.74, 6) is -0.502. The summed E-state index contributed by atoms with van der Waals surface area (Å²) in [6.07, 6.45) is 6.40. The van der Waals surface area contributed by atoms with Gasteiger partial charge in [-0.25, -0.2) is 13.8 Å². The molecule has 2 heterocycles. The van der Waals surface area contributed by atoms with Crippen molar-refractivity contribution in [3.05, 3.63) is 87.3 Å². The Labute approximate surface area is 196 Å². The number of ketones is 1. The van der Waals surface area contributed by atoms with Crippen LogP contribution in [0.1, 0.15) is 64.5 Å². The van der Waals surface area contributed by atoms with Gasteiger partial charge in [-0.3, -0.25) is 9.78 Å². The maximum atomic E-state index is 14.6. The van der Waals surface area contributed by atoms with Crippen molar-refractivity contribution in [1.29, 1.82) is 0 Å². The first-order valence-corrected chi connectivity index (χ1v) is 11.7. The largest absolute Gasteiger partial charge is 0.351 e. The summed E-state index contributed by atoms with van der Waals surface area (Å²) >= 11 is 5.85. The van der Waals surface area contributed by atoms with Crippen LogP contribution in [-0.2, 0) is 19.4 Å². The first kappa shape index (κ1) is 22.0. The van der Waals surface area contributed by atoms with Crippen LogP contribution in [0.25, 0.3) is 0 Å². The number of nitrogens with zero attached hydrogens (tertiary/aromatic N) is 3. The first-order valence-electron chi connectivity index (χ1n) is 11.3. The Hall–Kier alpha value is -2.86. The maximum absolute atomic E-state index is 14.6. The van der Waals surface area contributed by atoms with Gasteiger partial charge in [0.25, 0.3) is 0 Å². The van der Waals surface area contributed by atoms with Gasteiger partial charge in [-0.1, -0.05) is 35.9 Å². The average molecular weight is 468 g/mol. The fourth-order valence-electron chi connectivity index (χ4n) is 4.94. The Morgan fingerprint density at radius 2 is 2.00 bits per heavy atom. The lowest BCUT2D eigenvalue weighted by atomic mass is 9.95. The molecule has 2 aromatic carbocycles. The molecule has 2 aliphatic rings. The fraction of sp³-hybridized carbons (Fsp3) is 0.346. The minimum absolute atomic E-state index is 0.0452. The monoisotopic (exact) mass is 467 g/mol. The molecule has 0 N–H and O–H groups in total. The standard InChI is InChI=1S/C26H24ClF2N3O/c27-21-13-19(28)11-18(25(21)29)15-32-10-4-3-7-22-26(32)31-23(14-30-22)24(33)12-17-9-8-16-5-1-2-6-20(16)17/h1-2,5-6,11,13-14,17H,3-4,7-10,12,15H2. The highest BCUT2D eigenvalue weighted by Crippen LogP contribution is 2.36. The fourth-order valence-corrected chi connectivity index (χ4v) is 5.16. The molecule has 1 unspecified atom stereocenters. The van der Waals surface area contributed by atoms with Crippen LogP contribution in [0.2, 0.25) is 5.02 Å². The lowest BCUT2D eigenvalue weighted by Crippen LogP contribution is -2.26. The molecule has 1 aliphatic heterocycles. The molecule has 7 heteroatoms. The van der Waals surface area contributed by atoms with E-state index in [-0.39, 0.29) is 28.8 Å². The van der Waals surface area contributed by atoms with Crippen molar-refractivity contribution in [2.75, 3.05) is 11.4 Å². The van der Waals surface area contributed by atoms with Crippen LogP contribution >= 0.6 is 11.6 Å². The maximum Gasteiger partial charge on any atom is 0.183 e. The third kappa shape index (κ3) is 4.49. The number of hydrogen-bond donors (Lipinski definition) is 0. The summed E-state index contributed by atoms with van der Waals surface area (Å²) in [5, 5.41) is -0.244. The highest BCUT2D eigenvalue weighted by atomic mass is 35.5. The van der Waals surface area contributed by atoms with Crippen molar-refractivity contribution < 1.29 is 13.6 Å². The zero-order valence-electron chi connectivity index (χ0n) is 18.2. The molecule has 0 fully saturated rings. The molecule has 4 nitrogen and oxygen atoms in total. The zero-order valence-corrected chi connectivity index (χ0v) is 18.9. The number of Topliss-reactive ketones (excluding diaryl/α,β-unsaturated/α-hetero) is 1. The Morgan fingerprint density at radius 3 is 2.88 bits per heavy atom. The second-order valence-electron chi connectivity index (χ2n) is 8.83. The smallest absolute Gasteiger partial charge is 0.183 e. The zero-order chi connectivity index (χ0) is 22.9. The third-order valence-corrected chi connectivity index (χ3v) is 6.90. The van der Waals surface area contributed by atoms with Gasteiger partial charge in [0.2, 0.25) is 0 Å². The number of halogens is 3. The molecule has 0 saturated carbocycles. The van der Waals surface area contributed by atoms with E-state index >= 15 is 0 Å². The second-order valence-corrected chi connectivity index (χ2v) is 9.23. The van der Waals surface area contributed by atoms with Gasteiger partial charge >= 0.3 is 0 Å². The Morgan fingerprint density at radius 1 is 1.15 bits per heavy atom. The average Bonchev–Trinajstić information content (AvgIpc) is 3.10. The lowest BCUT2D eigenvalue weighted by Gasteiger charge is -2.24. The molecule has 33 heavy (non-hydrogen) atoms. The summed E-state index contributed by atoms with van der Waals surface area (Å²) in [4.78, 5) is 24.3. The number of carbonyl (C=O) groups excluding carboxylic acids is 1. The molecule has 0 radical (unpaired) electrons. The summed E-state index contributed by atoms with van der Waals surface area (Å²) in [5.41, 5.74) is 3.81. The highest BCUT2D eigenvalue weighted by molar-refractivity contribution is 6.30. The predicted molar refractivity (Wildman–Crippen MR) is 124 cm³/mol. The summed E-state index contributed by atoms with van der Waals surface area (Å²) in [6.45, 7) is 0.724. The van der Waals surface area contributed by atoms with Gasteiger partial charge in [0, 0.05) is 25.1 Å². The Balaban J connectivity index is 1.41. The van der Waals surface area contributed by atoms with Gasteiger partial charge in [0.05, 0.1) is 16.9 Å². The van der Waals surface area contributed by atoms with Crippen LogP contribution in [0, 0.1) is 11.6 Å². The number of aromatic nitrogens is 2. The summed E-state index contributed by atoms with van der Waals surface area (Å²) in [6, 6.07) is 10.4. The van der Waals surface area contributed by atoms with Crippen LogP contribution in [-0.4, -0.2) is 22.3 Å². The minimum atomic E-state index is -0.635. The van der Waals surface area contributed by atoms with E-state index < -0.39 is 11.6 Å². The van der Waals surface area contributed by atoms with Crippen LogP contribution in [0.3, 0.4) is 0 Å². The van der Waals surface area contributed by atoms with Crippen LogP contribution in [0.15, 0.2) is 42.6 Å². The molecule has 5 rings (SSSR count). The molecule has 0 amide bonds. The Bertz CT molecular complexity index is 1220. The lowest BCUT2D eigenvalue weighted by molar-refractivity contribution is 0.0968. The molecule has 170 valence electrons. The summed E-state index contributed by atoms with van der Waals surface area (Å²) < 4.78 is 28.4. The normalized spacial score (nSPS) is 17.4. The van der Waals surface area contributed by atoms with Crippen molar-refractivity contribution in [2.45, 2.75) is 51.0 Å². The van der Waals surface area contributed by atoms with E-state index in [1.54, 1.807) is 6.20 Å². The molecule has 0 spiro atoms. The van der Waals surface area contributed by atoms with E-state index in [0.717, 1.165) is 49.9 Å². The molecule has 0 saturated heterocycles. The van der Waals surface area contributed by atoms with Gasteiger partial charge in [0.15, 0.2) is 11.6 Å². The van der Waals surface area contributed by atoms with Gasteiger partial charge in [0.1, 0.15) is 17.3 Å². The van der Waals surface area contributed by atoms with Gasteiger partial charge < -0.3 is 4.90 Å². The Kier molecular flexibility index (Phi) is 6.11. The third-order valence-electron chi connectivity index (χ3n) is 6.62. The molecule has 1 atom stereocenters. The number of fused-ring (bicyclic) bond motifs is 2. The summed E-state index contributed by atoms with van der Waals surface area (Å²) in [7, 11) is 0.